The Hall–Kier alpha value is -6.85. The van der Waals surface area contributed by atoms with E-state index in [1.807, 2.05) is 72.8 Å². The summed E-state index contributed by atoms with van der Waals surface area (Å²) >= 11 is 0. The summed E-state index contributed by atoms with van der Waals surface area (Å²) in [6.07, 6.45) is 0. The molecule has 0 aliphatic carbocycles. The van der Waals surface area contributed by atoms with Crippen molar-refractivity contribution < 1.29 is 8.83 Å². The fraction of sp³-hybridized carbons (Fsp3) is 0.0217. The lowest BCUT2D eigenvalue weighted by atomic mass is 9.96. The highest BCUT2D eigenvalue weighted by Crippen LogP contribution is 2.37. The van der Waals surface area contributed by atoms with Crippen LogP contribution in [0.2, 0.25) is 0 Å². The fourth-order valence-electron chi connectivity index (χ4n) is 6.77. The van der Waals surface area contributed by atoms with E-state index < -0.39 is 0 Å². The molecule has 0 amide bonds. The van der Waals surface area contributed by atoms with E-state index in [0.29, 0.717) is 18.2 Å². The Morgan fingerprint density at radius 2 is 1.06 bits per heavy atom. The van der Waals surface area contributed by atoms with Gasteiger partial charge in [-0.15, -0.1) is 0 Å². The predicted octanol–water partition coefficient (Wildman–Crippen LogP) is 11.9. The highest BCUT2D eigenvalue weighted by Gasteiger charge is 2.19. The monoisotopic (exact) mass is 657 g/mol. The van der Waals surface area contributed by atoms with Crippen LogP contribution in [0.15, 0.2) is 188 Å². The van der Waals surface area contributed by atoms with Gasteiger partial charge in [0.15, 0.2) is 11.7 Å². The van der Waals surface area contributed by atoms with Gasteiger partial charge in [0.2, 0.25) is 0 Å². The van der Waals surface area contributed by atoms with Gasteiger partial charge >= 0.3 is 0 Å². The maximum Gasteiger partial charge on any atom is 0.161 e. The molecular weight excluding hydrogens is 627 g/mol. The summed E-state index contributed by atoms with van der Waals surface area (Å²) in [6.45, 7) is 4.47. The van der Waals surface area contributed by atoms with Crippen molar-refractivity contribution in [3.05, 3.63) is 180 Å². The second-order valence-electron chi connectivity index (χ2n) is 12.5. The van der Waals surface area contributed by atoms with Gasteiger partial charge in [-0.2, -0.15) is 0 Å². The van der Waals surface area contributed by atoms with Crippen molar-refractivity contribution in [1.29, 1.82) is 0 Å². The van der Waals surface area contributed by atoms with E-state index >= 15 is 0 Å². The molecule has 7 aromatic carbocycles. The Bertz CT molecular complexity index is 2770. The molecule has 0 aliphatic heterocycles. The molecule has 242 valence electrons. The molecule has 0 saturated carbocycles. The van der Waals surface area contributed by atoms with Gasteiger partial charge in [-0.05, 0) is 77.0 Å². The number of amidine groups is 2. The zero-order chi connectivity index (χ0) is 34.1. The maximum absolute atomic E-state index is 6.46. The summed E-state index contributed by atoms with van der Waals surface area (Å²) < 4.78 is 12.6. The summed E-state index contributed by atoms with van der Waals surface area (Å²) in [5, 5.41) is 3.96. The fourth-order valence-corrected chi connectivity index (χ4v) is 6.77. The van der Waals surface area contributed by atoms with Crippen molar-refractivity contribution in [1.82, 2.24) is 0 Å². The van der Waals surface area contributed by atoms with Gasteiger partial charge in [-0.25, -0.2) is 9.98 Å². The number of benzene rings is 7. The van der Waals surface area contributed by atoms with Crippen LogP contribution in [0.1, 0.15) is 16.7 Å². The molecule has 9 rings (SSSR count). The molecule has 5 nitrogen and oxygen atoms in total. The van der Waals surface area contributed by atoms with Crippen molar-refractivity contribution in [3.8, 4) is 22.3 Å². The van der Waals surface area contributed by atoms with Crippen molar-refractivity contribution >= 4 is 62.3 Å². The first-order valence-electron chi connectivity index (χ1n) is 16.9. The summed E-state index contributed by atoms with van der Waals surface area (Å²) in [5.74, 6) is 1.00. The topological polar surface area (TPSA) is 63.4 Å². The van der Waals surface area contributed by atoms with Gasteiger partial charge in [0, 0.05) is 32.7 Å². The number of aliphatic imine (C=N–C) groups is 3. The molecule has 2 heterocycles. The Labute approximate surface area is 294 Å². The van der Waals surface area contributed by atoms with Crippen LogP contribution >= 0.6 is 0 Å². The minimum atomic E-state index is 0.451. The number of fused-ring (bicyclic) bond motifs is 6. The number of hydrogen-bond donors (Lipinski definition) is 0. The average molecular weight is 658 g/mol. The molecule has 0 atom stereocenters. The second-order valence-corrected chi connectivity index (χ2v) is 12.5. The SMILES string of the molecule is C=N/C(=N\C(=N/Cc1ccccc1)c1ccc2oc3ccccc3c2c1)c1cc(-c2ccc(-c3ccccc3)cc2)cc2oc3ccccc3c12. The lowest BCUT2D eigenvalue weighted by Gasteiger charge is -2.10. The van der Waals surface area contributed by atoms with Gasteiger partial charge in [-0.3, -0.25) is 4.99 Å². The molecule has 0 N–H and O–H groups in total. The van der Waals surface area contributed by atoms with Crippen molar-refractivity contribution in [3.63, 3.8) is 0 Å². The van der Waals surface area contributed by atoms with E-state index in [0.717, 1.165) is 77.3 Å². The Morgan fingerprint density at radius 3 is 1.80 bits per heavy atom. The predicted molar refractivity (Wildman–Crippen MR) is 211 cm³/mol. The molecular formula is C46H31N3O2. The largest absolute Gasteiger partial charge is 0.456 e. The van der Waals surface area contributed by atoms with Crippen LogP contribution in [-0.2, 0) is 6.54 Å². The Balaban J connectivity index is 1.22. The minimum Gasteiger partial charge on any atom is -0.456 e. The normalized spacial score (nSPS) is 12.3. The number of furan rings is 2. The molecule has 0 fully saturated rings. The standard InChI is InChI=1S/C46H31N3O2/c1-47-46(49-45(48-29-30-12-4-2-5-13-30)34-24-25-42-38(26-34)36-16-8-10-18-40(36)50-42)39-27-35(28-43-44(39)37-17-9-11-19-41(37)51-43)33-22-20-32(21-23-33)31-14-6-3-7-15-31/h2-28H,1,29H2/b48-45-,49-46-. The zero-order valence-electron chi connectivity index (χ0n) is 27.7. The third-order valence-corrected chi connectivity index (χ3v) is 9.30. The molecule has 9 aromatic rings. The number of hydrogen-bond acceptors (Lipinski definition) is 3. The van der Waals surface area contributed by atoms with Gasteiger partial charge < -0.3 is 8.83 Å². The van der Waals surface area contributed by atoms with Crippen molar-refractivity contribution in [2.75, 3.05) is 0 Å². The first kappa shape index (κ1) is 30.2. The summed E-state index contributed by atoms with van der Waals surface area (Å²) in [5.41, 5.74) is 10.3. The summed E-state index contributed by atoms with van der Waals surface area (Å²) in [6, 6.07) is 55.6. The molecule has 0 aliphatic rings. The quantitative estimate of drug-likeness (QED) is 0.132. The summed E-state index contributed by atoms with van der Waals surface area (Å²) in [7, 11) is 0. The van der Waals surface area contributed by atoms with E-state index in [1.165, 1.54) is 5.56 Å². The molecule has 51 heavy (non-hydrogen) atoms. The van der Waals surface area contributed by atoms with E-state index in [9.17, 15) is 0 Å². The Morgan fingerprint density at radius 1 is 0.471 bits per heavy atom. The van der Waals surface area contributed by atoms with Crippen LogP contribution in [0.3, 0.4) is 0 Å². The van der Waals surface area contributed by atoms with E-state index in [1.54, 1.807) is 0 Å². The first-order valence-corrected chi connectivity index (χ1v) is 16.9. The number of para-hydroxylation sites is 2. The highest BCUT2D eigenvalue weighted by molar-refractivity contribution is 6.23. The van der Waals surface area contributed by atoms with Crippen LogP contribution < -0.4 is 0 Å². The molecule has 0 bridgehead atoms. The van der Waals surface area contributed by atoms with Gasteiger partial charge in [-0.1, -0.05) is 121 Å². The minimum absolute atomic E-state index is 0.451. The molecule has 0 unspecified atom stereocenters. The maximum atomic E-state index is 6.46. The van der Waals surface area contributed by atoms with Crippen LogP contribution in [0.5, 0.6) is 0 Å². The third kappa shape index (κ3) is 5.71. The highest BCUT2D eigenvalue weighted by atomic mass is 16.3. The average Bonchev–Trinajstić information content (AvgIpc) is 3.77. The lowest BCUT2D eigenvalue weighted by Crippen LogP contribution is -2.06. The van der Waals surface area contributed by atoms with Crippen LogP contribution in [-0.4, -0.2) is 18.4 Å². The van der Waals surface area contributed by atoms with E-state index in [-0.39, 0.29) is 0 Å². The van der Waals surface area contributed by atoms with Crippen LogP contribution in [0.4, 0.5) is 0 Å². The lowest BCUT2D eigenvalue weighted by molar-refractivity contribution is 0.668. The Kier molecular flexibility index (Phi) is 7.63. The number of nitrogens with zero attached hydrogens (tertiary/aromatic N) is 3. The van der Waals surface area contributed by atoms with Gasteiger partial charge in [0.05, 0.1) is 6.54 Å². The van der Waals surface area contributed by atoms with Crippen molar-refractivity contribution in [2.45, 2.75) is 6.54 Å². The second kappa shape index (κ2) is 12.9. The van der Waals surface area contributed by atoms with Gasteiger partial charge in [0.25, 0.3) is 0 Å². The van der Waals surface area contributed by atoms with E-state index in [4.69, 9.17) is 18.8 Å². The van der Waals surface area contributed by atoms with Crippen molar-refractivity contribution in [2.24, 2.45) is 15.0 Å². The smallest absolute Gasteiger partial charge is 0.161 e. The van der Waals surface area contributed by atoms with Crippen LogP contribution in [0, 0.1) is 0 Å². The number of rotatable bonds is 6. The van der Waals surface area contributed by atoms with Crippen LogP contribution in [0.25, 0.3) is 66.1 Å². The molecule has 0 saturated heterocycles. The first-order chi connectivity index (χ1) is 25.2. The molecule has 2 aromatic heterocycles. The molecule has 0 spiro atoms. The molecule has 0 radical (unpaired) electrons. The third-order valence-electron chi connectivity index (χ3n) is 9.30. The zero-order valence-corrected chi connectivity index (χ0v) is 27.7. The molecule has 5 heteroatoms. The van der Waals surface area contributed by atoms with E-state index in [2.05, 4.69) is 103 Å². The summed E-state index contributed by atoms with van der Waals surface area (Å²) in [4.78, 5) is 14.9. The van der Waals surface area contributed by atoms with Gasteiger partial charge in [0.1, 0.15) is 22.3 Å².